The summed E-state index contributed by atoms with van der Waals surface area (Å²) in [6.45, 7) is 4.62. The Balaban J connectivity index is 1.55. The molecule has 2 aliphatic rings. The lowest BCUT2D eigenvalue weighted by Gasteiger charge is -2.26. The minimum Gasteiger partial charge on any atom is -0.481 e. The van der Waals surface area contributed by atoms with E-state index < -0.39 is 29.2 Å². The zero-order valence-electron chi connectivity index (χ0n) is 22.5. The lowest BCUT2D eigenvalue weighted by Crippen LogP contribution is -2.34. The molecule has 1 aromatic heterocycles. The number of carboxylic acid groups (broad SMARTS) is 1. The highest BCUT2D eigenvalue weighted by atomic mass is 35.5. The van der Waals surface area contributed by atoms with E-state index in [0.717, 1.165) is 25.0 Å². The number of hydrogen-bond acceptors (Lipinski definition) is 4. The van der Waals surface area contributed by atoms with Gasteiger partial charge in [-0.25, -0.2) is 4.98 Å². The Kier molecular flexibility index (Phi) is 9.16. The molecule has 0 saturated heterocycles. The van der Waals surface area contributed by atoms with E-state index in [9.17, 15) is 27.9 Å². The molecule has 1 aromatic carbocycles. The number of nitrogens with one attached hydrogen (secondary N) is 1. The third-order valence-electron chi connectivity index (χ3n) is 7.36. The molecule has 0 spiro atoms. The van der Waals surface area contributed by atoms with Crippen molar-refractivity contribution in [3.8, 4) is 11.8 Å². The number of amides is 1. The number of benzene rings is 1. The standard InChI is InChI=1S/C29H33ClF3N3O4/c1-28(2,40-17-20-3-4-20)14-13-23-24(25(37)34-15-18-5-9-21(10-6-18)26(38)39)36(27(30)35-23)16-19-7-11-22(12-8-19)29(31,32)33/h7-8,11-12,18,20-21H,3-6,9-10,15-17H2,1-2H3,(H,34,37)(H,38,39). The van der Waals surface area contributed by atoms with Gasteiger partial charge in [0, 0.05) is 6.54 Å². The number of ether oxygens (including phenoxy) is 1. The summed E-state index contributed by atoms with van der Waals surface area (Å²) < 4.78 is 46.4. The number of carbonyl (C=O) groups is 2. The molecule has 0 unspecified atom stereocenters. The Labute approximate surface area is 236 Å². The summed E-state index contributed by atoms with van der Waals surface area (Å²) in [5, 5.41) is 12.1. The molecule has 40 heavy (non-hydrogen) atoms. The highest BCUT2D eigenvalue weighted by Gasteiger charge is 2.31. The third kappa shape index (κ3) is 8.01. The summed E-state index contributed by atoms with van der Waals surface area (Å²) in [6.07, 6.45) is 0.285. The number of nitrogens with zero attached hydrogens (tertiary/aromatic N) is 2. The van der Waals surface area contributed by atoms with E-state index in [4.69, 9.17) is 16.3 Å². The Morgan fingerprint density at radius 2 is 1.73 bits per heavy atom. The van der Waals surface area contributed by atoms with E-state index in [1.807, 2.05) is 13.8 Å². The van der Waals surface area contributed by atoms with Gasteiger partial charge in [0.05, 0.1) is 24.6 Å². The Morgan fingerprint density at radius 3 is 2.30 bits per heavy atom. The molecule has 0 atom stereocenters. The number of carboxylic acids is 1. The fraction of sp³-hybridized carbons (Fsp3) is 0.552. The van der Waals surface area contributed by atoms with Crippen LogP contribution in [0.3, 0.4) is 0 Å². The average molecular weight is 580 g/mol. The molecule has 1 heterocycles. The van der Waals surface area contributed by atoms with Crippen molar-refractivity contribution in [1.29, 1.82) is 0 Å². The van der Waals surface area contributed by atoms with Gasteiger partial charge in [0.1, 0.15) is 17.0 Å². The van der Waals surface area contributed by atoms with E-state index in [0.29, 0.717) is 50.3 Å². The van der Waals surface area contributed by atoms with Crippen LogP contribution < -0.4 is 5.32 Å². The van der Waals surface area contributed by atoms with Gasteiger partial charge in [-0.2, -0.15) is 13.2 Å². The maximum absolute atomic E-state index is 13.5. The summed E-state index contributed by atoms with van der Waals surface area (Å²) in [5.74, 6) is 5.04. The largest absolute Gasteiger partial charge is 0.481 e. The van der Waals surface area contributed by atoms with Crippen molar-refractivity contribution >= 4 is 23.5 Å². The average Bonchev–Trinajstić information content (AvgIpc) is 3.68. The molecule has 0 radical (unpaired) electrons. The van der Waals surface area contributed by atoms with E-state index in [1.54, 1.807) is 0 Å². The van der Waals surface area contributed by atoms with Gasteiger partial charge in [-0.3, -0.25) is 9.59 Å². The monoisotopic (exact) mass is 579 g/mol. The summed E-state index contributed by atoms with van der Waals surface area (Å²) in [7, 11) is 0. The number of aliphatic carboxylic acids is 1. The molecule has 0 aliphatic heterocycles. The van der Waals surface area contributed by atoms with Crippen molar-refractivity contribution in [2.75, 3.05) is 13.2 Å². The number of aromatic nitrogens is 2. The highest BCUT2D eigenvalue weighted by Crippen LogP contribution is 2.31. The van der Waals surface area contributed by atoms with Gasteiger partial charge < -0.3 is 19.7 Å². The van der Waals surface area contributed by atoms with Crippen LogP contribution in [0.5, 0.6) is 0 Å². The molecule has 11 heteroatoms. The van der Waals surface area contributed by atoms with Crippen molar-refractivity contribution in [1.82, 2.24) is 14.9 Å². The number of imidazole rings is 1. The minimum absolute atomic E-state index is 0.0136. The number of rotatable bonds is 9. The van der Waals surface area contributed by atoms with Gasteiger partial charge in [0.2, 0.25) is 5.28 Å². The van der Waals surface area contributed by atoms with Crippen LogP contribution in [-0.4, -0.2) is 45.3 Å². The van der Waals surface area contributed by atoms with Gasteiger partial charge in [0.15, 0.2) is 0 Å². The number of halogens is 4. The molecule has 4 rings (SSSR count). The van der Waals surface area contributed by atoms with Crippen LogP contribution in [-0.2, 0) is 22.3 Å². The second kappa shape index (κ2) is 12.2. The smallest absolute Gasteiger partial charge is 0.416 e. The van der Waals surface area contributed by atoms with Crippen LogP contribution in [0.4, 0.5) is 13.2 Å². The van der Waals surface area contributed by atoms with Gasteiger partial charge >= 0.3 is 12.1 Å². The molecular weight excluding hydrogens is 547 g/mol. The van der Waals surface area contributed by atoms with Crippen LogP contribution in [0.1, 0.15) is 79.7 Å². The van der Waals surface area contributed by atoms with Crippen LogP contribution in [0.25, 0.3) is 0 Å². The molecule has 2 saturated carbocycles. The predicted molar refractivity (Wildman–Crippen MR) is 143 cm³/mol. The molecule has 216 valence electrons. The zero-order valence-corrected chi connectivity index (χ0v) is 23.2. The first-order chi connectivity index (χ1) is 18.8. The maximum Gasteiger partial charge on any atom is 0.416 e. The second-order valence-corrected chi connectivity index (χ2v) is 11.5. The SMILES string of the molecule is CC(C)(C#Cc1nc(Cl)n(Cc2ccc(C(F)(F)F)cc2)c1C(=O)NCC1CCC(C(=O)O)CC1)OCC1CC1. The van der Waals surface area contributed by atoms with Crippen molar-refractivity contribution in [3.63, 3.8) is 0 Å². The van der Waals surface area contributed by atoms with Gasteiger partial charge in [0.25, 0.3) is 5.91 Å². The lowest BCUT2D eigenvalue weighted by molar-refractivity contribution is -0.143. The van der Waals surface area contributed by atoms with Crippen LogP contribution >= 0.6 is 11.6 Å². The van der Waals surface area contributed by atoms with E-state index >= 15 is 0 Å². The Bertz CT molecular complexity index is 1280. The first kappa shape index (κ1) is 29.9. The number of hydrogen-bond donors (Lipinski definition) is 2. The highest BCUT2D eigenvalue weighted by molar-refractivity contribution is 6.29. The summed E-state index contributed by atoms with van der Waals surface area (Å²) >= 11 is 6.44. The van der Waals surface area contributed by atoms with E-state index in [2.05, 4.69) is 22.1 Å². The second-order valence-electron chi connectivity index (χ2n) is 11.1. The summed E-state index contributed by atoms with van der Waals surface area (Å²) in [6, 6.07) is 4.63. The van der Waals surface area contributed by atoms with Crippen molar-refractivity contribution < 1.29 is 32.6 Å². The molecule has 2 aliphatic carbocycles. The minimum atomic E-state index is -4.46. The van der Waals surface area contributed by atoms with Gasteiger partial charge in [-0.15, -0.1) is 0 Å². The first-order valence-corrected chi connectivity index (χ1v) is 13.8. The van der Waals surface area contributed by atoms with E-state index in [1.165, 1.54) is 16.7 Å². The van der Waals surface area contributed by atoms with Crippen LogP contribution in [0, 0.1) is 29.6 Å². The number of alkyl halides is 3. The molecule has 0 bridgehead atoms. The van der Waals surface area contributed by atoms with Gasteiger partial charge in [-0.05, 0) is 99.4 Å². The zero-order chi connectivity index (χ0) is 29.1. The summed E-state index contributed by atoms with van der Waals surface area (Å²) in [5.41, 5.74) is -0.811. The Morgan fingerprint density at radius 1 is 1.10 bits per heavy atom. The fourth-order valence-corrected chi connectivity index (χ4v) is 4.89. The topological polar surface area (TPSA) is 93.5 Å². The van der Waals surface area contributed by atoms with E-state index in [-0.39, 0.29) is 35.1 Å². The molecule has 2 aromatic rings. The first-order valence-electron chi connectivity index (χ1n) is 13.4. The third-order valence-corrected chi connectivity index (χ3v) is 7.65. The summed E-state index contributed by atoms with van der Waals surface area (Å²) in [4.78, 5) is 29.0. The Hall–Kier alpha value is -3.03. The van der Waals surface area contributed by atoms with Crippen molar-refractivity contribution in [2.24, 2.45) is 17.8 Å². The molecule has 7 nitrogen and oxygen atoms in total. The van der Waals surface area contributed by atoms with Crippen LogP contribution in [0.2, 0.25) is 5.28 Å². The van der Waals surface area contributed by atoms with Crippen LogP contribution in [0.15, 0.2) is 24.3 Å². The molecular formula is C29H33ClF3N3O4. The fourth-order valence-electron chi connectivity index (χ4n) is 4.66. The molecule has 2 N–H and O–H groups in total. The quantitative estimate of drug-likeness (QED) is 0.367. The lowest BCUT2D eigenvalue weighted by atomic mass is 9.82. The number of carbonyl (C=O) groups excluding carboxylic acids is 1. The van der Waals surface area contributed by atoms with Crippen molar-refractivity contribution in [2.45, 2.75) is 70.7 Å². The maximum atomic E-state index is 13.5. The van der Waals surface area contributed by atoms with Crippen molar-refractivity contribution in [3.05, 3.63) is 52.1 Å². The van der Waals surface area contributed by atoms with Gasteiger partial charge in [-0.1, -0.05) is 18.1 Å². The molecule has 1 amide bonds. The normalized spacial score (nSPS) is 19.6. The molecule has 2 fully saturated rings. The predicted octanol–water partition coefficient (Wildman–Crippen LogP) is 5.78.